The predicted octanol–water partition coefficient (Wildman–Crippen LogP) is 1.56. The van der Waals surface area contributed by atoms with Crippen LogP contribution in [-0.2, 0) is 17.8 Å². The van der Waals surface area contributed by atoms with Gasteiger partial charge in [0.1, 0.15) is 0 Å². The lowest BCUT2D eigenvalue weighted by atomic mass is 10.1. The third-order valence-electron chi connectivity index (χ3n) is 3.80. The summed E-state index contributed by atoms with van der Waals surface area (Å²) in [7, 11) is 0. The fraction of sp³-hybridized carbons (Fsp3) is 0.769. The van der Waals surface area contributed by atoms with Gasteiger partial charge in [0.2, 0.25) is 0 Å². The highest BCUT2D eigenvalue weighted by molar-refractivity contribution is 5.04. The SMILES string of the molecule is CCn1cc(CNC2CCOC2C2CC2)cn1. The Balaban J connectivity index is 1.52. The zero-order valence-electron chi connectivity index (χ0n) is 10.4. The predicted molar refractivity (Wildman–Crippen MR) is 65.6 cm³/mol. The molecule has 3 rings (SSSR count). The minimum atomic E-state index is 0.469. The van der Waals surface area contributed by atoms with Gasteiger partial charge in [0, 0.05) is 37.5 Å². The van der Waals surface area contributed by atoms with Crippen molar-refractivity contribution in [2.45, 2.75) is 51.4 Å². The van der Waals surface area contributed by atoms with Gasteiger partial charge in [-0.15, -0.1) is 0 Å². The van der Waals surface area contributed by atoms with Gasteiger partial charge in [-0.2, -0.15) is 5.10 Å². The average Bonchev–Trinajstić information content (AvgIpc) is 2.93. The van der Waals surface area contributed by atoms with Crippen LogP contribution in [0, 0.1) is 5.92 Å². The Bertz CT molecular complexity index is 372. The molecule has 94 valence electrons. The van der Waals surface area contributed by atoms with E-state index in [0.29, 0.717) is 12.1 Å². The van der Waals surface area contributed by atoms with E-state index in [1.54, 1.807) is 0 Å². The number of hydrogen-bond donors (Lipinski definition) is 1. The summed E-state index contributed by atoms with van der Waals surface area (Å²) in [6.07, 6.45) is 8.42. The molecule has 2 unspecified atom stereocenters. The third-order valence-corrected chi connectivity index (χ3v) is 3.80. The van der Waals surface area contributed by atoms with E-state index < -0.39 is 0 Å². The molecule has 0 spiro atoms. The molecule has 2 heterocycles. The first-order valence-corrected chi connectivity index (χ1v) is 6.73. The van der Waals surface area contributed by atoms with Crippen molar-refractivity contribution in [2.24, 2.45) is 5.92 Å². The van der Waals surface area contributed by atoms with E-state index in [1.807, 2.05) is 10.9 Å². The normalized spacial score (nSPS) is 28.8. The van der Waals surface area contributed by atoms with Crippen molar-refractivity contribution in [3.8, 4) is 0 Å². The van der Waals surface area contributed by atoms with Crippen LogP contribution in [0.5, 0.6) is 0 Å². The maximum Gasteiger partial charge on any atom is 0.0757 e. The number of hydrogen-bond acceptors (Lipinski definition) is 3. The van der Waals surface area contributed by atoms with E-state index in [-0.39, 0.29) is 0 Å². The van der Waals surface area contributed by atoms with Gasteiger partial charge in [0.05, 0.1) is 12.3 Å². The summed E-state index contributed by atoms with van der Waals surface area (Å²) in [5, 5.41) is 7.92. The fourth-order valence-corrected chi connectivity index (χ4v) is 2.64. The lowest BCUT2D eigenvalue weighted by Gasteiger charge is -2.18. The van der Waals surface area contributed by atoms with E-state index in [0.717, 1.165) is 32.0 Å². The van der Waals surface area contributed by atoms with E-state index in [2.05, 4.69) is 23.5 Å². The Morgan fingerprint density at radius 3 is 3.06 bits per heavy atom. The van der Waals surface area contributed by atoms with Crippen LogP contribution in [-0.4, -0.2) is 28.5 Å². The number of ether oxygens (including phenoxy) is 1. The molecule has 1 aromatic rings. The van der Waals surface area contributed by atoms with Crippen molar-refractivity contribution >= 4 is 0 Å². The zero-order chi connectivity index (χ0) is 11.7. The topological polar surface area (TPSA) is 39.1 Å². The van der Waals surface area contributed by atoms with Crippen LogP contribution in [0.3, 0.4) is 0 Å². The standard InChI is InChI=1S/C13H21N3O/c1-2-16-9-10(8-15-16)7-14-12-5-6-17-13(12)11-3-4-11/h8-9,11-14H,2-7H2,1H3. The lowest BCUT2D eigenvalue weighted by molar-refractivity contribution is 0.0809. The maximum absolute atomic E-state index is 5.82. The molecule has 0 aromatic carbocycles. The maximum atomic E-state index is 5.82. The smallest absolute Gasteiger partial charge is 0.0757 e. The first-order chi connectivity index (χ1) is 8.36. The Hall–Kier alpha value is -0.870. The molecule has 4 nitrogen and oxygen atoms in total. The molecule has 0 bridgehead atoms. The molecule has 1 aromatic heterocycles. The first-order valence-electron chi connectivity index (χ1n) is 6.73. The van der Waals surface area contributed by atoms with E-state index in [9.17, 15) is 0 Å². The molecule has 1 N–H and O–H groups in total. The molecule has 1 aliphatic heterocycles. The fourth-order valence-electron chi connectivity index (χ4n) is 2.64. The molecular formula is C13H21N3O. The van der Waals surface area contributed by atoms with Gasteiger partial charge in [-0.25, -0.2) is 0 Å². The number of rotatable bonds is 5. The van der Waals surface area contributed by atoms with E-state index in [4.69, 9.17) is 4.74 Å². The van der Waals surface area contributed by atoms with Gasteiger partial charge in [0.15, 0.2) is 0 Å². The highest BCUT2D eigenvalue weighted by Gasteiger charge is 2.40. The molecule has 1 saturated heterocycles. The van der Waals surface area contributed by atoms with Crippen LogP contribution >= 0.6 is 0 Å². The summed E-state index contributed by atoms with van der Waals surface area (Å²) in [6.45, 7) is 4.89. The van der Waals surface area contributed by atoms with Gasteiger partial charge in [-0.1, -0.05) is 0 Å². The molecule has 2 fully saturated rings. The highest BCUT2D eigenvalue weighted by Crippen LogP contribution is 2.38. The first kappa shape index (κ1) is 11.2. The Kier molecular flexibility index (Phi) is 3.16. The Morgan fingerprint density at radius 1 is 1.47 bits per heavy atom. The summed E-state index contributed by atoms with van der Waals surface area (Å²) >= 11 is 0. The summed E-state index contributed by atoms with van der Waals surface area (Å²) in [6, 6.07) is 0.549. The summed E-state index contributed by atoms with van der Waals surface area (Å²) in [5.41, 5.74) is 1.27. The average molecular weight is 235 g/mol. The number of nitrogens with one attached hydrogen (secondary N) is 1. The zero-order valence-corrected chi connectivity index (χ0v) is 10.4. The third kappa shape index (κ3) is 2.53. The van der Waals surface area contributed by atoms with Crippen molar-refractivity contribution in [3.63, 3.8) is 0 Å². The number of aryl methyl sites for hydroxylation is 1. The molecule has 2 atom stereocenters. The van der Waals surface area contributed by atoms with E-state index >= 15 is 0 Å². The minimum absolute atomic E-state index is 0.469. The second kappa shape index (κ2) is 4.78. The van der Waals surface area contributed by atoms with Crippen LogP contribution in [0.4, 0.5) is 0 Å². The van der Waals surface area contributed by atoms with Gasteiger partial charge >= 0.3 is 0 Å². The molecule has 0 radical (unpaired) electrons. The van der Waals surface area contributed by atoms with Gasteiger partial charge in [0.25, 0.3) is 0 Å². The van der Waals surface area contributed by atoms with Gasteiger partial charge in [-0.05, 0) is 32.1 Å². The van der Waals surface area contributed by atoms with Gasteiger partial charge in [-0.3, -0.25) is 4.68 Å². The second-order valence-corrected chi connectivity index (χ2v) is 5.15. The Labute approximate surface area is 102 Å². The number of aromatic nitrogens is 2. The molecule has 1 aliphatic carbocycles. The van der Waals surface area contributed by atoms with Crippen LogP contribution in [0.15, 0.2) is 12.4 Å². The van der Waals surface area contributed by atoms with Crippen molar-refractivity contribution in [3.05, 3.63) is 18.0 Å². The van der Waals surface area contributed by atoms with Crippen LogP contribution < -0.4 is 5.32 Å². The highest BCUT2D eigenvalue weighted by atomic mass is 16.5. The molecule has 4 heteroatoms. The quantitative estimate of drug-likeness (QED) is 0.842. The summed E-state index contributed by atoms with van der Waals surface area (Å²) in [5.74, 6) is 0.827. The molecule has 17 heavy (non-hydrogen) atoms. The van der Waals surface area contributed by atoms with Crippen molar-refractivity contribution in [1.29, 1.82) is 0 Å². The molecule has 0 amide bonds. The summed E-state index contributed by atoms with van der Waals surface area (Å²) < 4.78 is 7.79. The minimum Gasteiger partial charge on any atom is -0.376 e. The van der Waals surface area contributed by atoms with Crippen molar-refractivity contribution in [1.82, 2.24) is 15.1 Å². The molecular weight excluding hydrogens is 214 g/mol. The second-order valence-electron chi connectivity index (χ2n) is 5.15. The van der Waals surface area contributed by atoms with Crippen molar-refractivity contribution in [2.75, 3.05) is 6.61 Å². The van der Waals surface area contributed by atoms with Crippen LogP contribution in [0.25, 0.3) is 0 Å². The lowest BCUT2D eigenvalue weighted by Crippen LogP contribution is -2.37. The van der Waals surface area contributed by atoms with Crippen molar-refractivity contribution < 1.29 is 4.74 Å². The largest absolute Gasteiger partial charge is 0.376 e. The summed E-state index contributed by atoms with van der Waals surface area (Å²) in [4.78, 5) is 0. The molecule has 1 saturated carbocycles. The van der Waals surface area contributed by atoms with Crippen LogP contribution in [0.2, 0.25) is 0 Å². The monoisotopic (exact) mass is 235 g/mol. The molecule has 2 aliphatic rings. The van der Waals surface area contributed by atoms with Crippen LogP contribution in [0.1, 0.15) is 31.7 Å². The van der Waals surface area contributed by atoms with Gasteiger partial charge < -0.3 is 10.1 Å². The Morgan fingerprint density at radius 2 is 2.35 bits per heavy atom. The number of nitrogens with zero attached hydrogens (tertiary/aromatic N) is 2. The van der Waals surface area contributed by atoms with E-state index in [1.165, 1.54) is 18.4 Å².